The zero-order valence-corrected chi connectivity index (χ0v) is 17.1. The maximum Gasteiger partial charge on any atom is 0.276 e. The normalized spacial score (nSPS) is 12.1. The number of sulfonamides is 1. The molecule has 0 fully saturated rings. The van der Waals surface area contributed by atoms with E-state index in [1.807, 2.05) is 35.0 Å². The average Bonchev–Trinajstić information content (AvgIpc) is 3.25. The SMILES string of the molecule is Cc1ccc(S(=O)(=O)N/N=C/c2c(-c3ccc(Cl)cc3)nc3sccn23)cc1. The van der Waals surface area contributed by atoms with Crippen LogP contribution in [0.4, 0.5) is 0 Å². The molecule has 2 heterocycles. The molecular weight excluding hydrogens is 416 g/mol. The summed E-state index contributed by atoms with van der Waals surface area (Å²) in [6, 6.07) is 13.9. The van der Waals surface area contributed by atoms with Crippen LogP contribution in [0.15, 0.2) is 70.1 Å². The molecule has 0 radical (unpaired) electrons. The Morgan fingerprint density at radius 1 is 1.14 bits per heavy atom. The molecule has 28 heavy (non-hydrogen) atoms. The van der Waals surface area contributed by atoms with Crippen molar-refractivity contribution in [2.24, 2.45) is 5.10 Å². The molecule has 0 spiro atoms. The first-order chi connectivity index (χ1) is 13.4. The lowest BCUT2D eigenvalue weighted by atomic mass is 10.1. The number of hydrogen-bond donors (Lipinski definition) is 1. The van der Waals surface area contributed by atoms with Gasteiger partial charge in [-0.15, -0.1) is 11.3 Å². The maximum atomic E-state index is 12.4. The zero-order valence-electron chi connectivity index (χ0n) is 14.7. The summed E-state index contributed by atoms with van der Waals surface area (Å²) in [5.41, 5.74) is 3.21. The number of nitrogens with one attached hydrogen (secondary N) is 1. The number of nitrogens with zero attached hydrogens (tertiary/aromatic N) is 3. The molecular formula is C19H15ClN4O2S2. The highest BCUT2D eigenvalue weighted by atomic mass is 35.5. The van der Waals surface area contributed by atoms with E-state index in [9.17, 15) is 8.42 Å². The Balaban J connectivity index is 1.67. The number of aryl methyl sites for hydroxylation is 1. The van der Waals surface area contributed by atoms with Gasteiger partial charge in [0.2, 0.25) is 0 Å². The Morgan fingerprint density at radius 3 is 2.57 bits per heavy atom. The Morgan fingerprint density at radius 2 is 1.86 bits per heavy atom. The fourth-order valence-electron chi connectivity index (χ4n) is 2.67. The van der Waals surface area contributed by atoms with E-state index in [1.165, 1.54) is 17.6 Å². The predicted octanol–water partition coefficient (Wildman–Crippen LogP) is 4.34. The molecule has 0 unspecified atom stereocenters. The van der Waals surface area contributed by atoms with Crippen molar-refractivity contribution in [1.29, 1.82) is 0 Å². The number of rotatable bonds is 5. The summed E-state index contributed by atoms with van der Waals surface area (Å²) in [6.07, 6.45) is 3.32. The van der Waals surface area contributed by atoms with Crippen molar-refractivity contribution in [2.45, 2.75) is 11.8 Å². The van der Waals surface area contributed by atoms with Crippen LogP contribution in [0.1, 0.15) is 11.3 Å². The summed E-state index contributed by atoms with van der Waals surface area (Å²) in [6.45, 7) is 1.89. The van der Waals surface area contributed by atoms with Gasteiger partial charge in [-0.25, -0.2) is 9.82 Å². The molecule has 0 atom stereocenters. The standard InChI is InChI=1S/C19H15ClN4O2S2/c1-13-2-8-16(9-3-13)28(25,26)23-21-12-17-18(14-4-6-15(20)7-5-14)22-19-24(17)10-11-27-19/h2-12,23H,1H3/b21-12+. The van der Waals surface area contributed by atoms with E-state index < -0.39 is 10.0 Å². The molecule has 142 valence electrons. The highest BCUT2D eigenvalue weighted by molar-refractivity contribution is 7.89. The summed E-state index contributed by atoms with van der Waals surface area (Å²) in [4.78, 5) is 7.83. The minimum Gasteiger partial charge on any atom is -0.289 e. The second kappa shape index (κ2) is 7.38. The third-order valence-electron chi connectivity index (χ3n) is 4.11. The van der Waals surface area contributed by atoms with E-state index >= 15 is 0 Å². The predicted molar refractivity (Wildman–Crippen MR) is 113 cm³/mol. The summed E-state index contributed by atoms with van der Waals surface area (Å²) in [5, 5.41) is 6.51. The van der Waals surface area contributed by atoms with Gasteiger partial charge in [0.15, 0.2) is 4.96 Å². The Bertz CT molecular complexity index is 1260. The van der Waals surface area contributed by atoms with E-state index in [1.54, 1.807) is 36.4 Å². The second-order valence-corrected chi connectivity index (χ2v) is 9.04. The monoisotopic (exact) mass is 430 g/mol. The number of hydrazone groups is 1. The summed E-state index contributed by atoms with van der Waals surface area (Å²) >= 11 is 7.45. The lowest BCUT2D eigenvalue weighted by molar-refractivity contribution is 0.584. The molecule has 0 aliphatic heterocycles. The molecule has 2 aromatic carbocycles. The van der Waals surface area contributed by atoms with Crippen LogP contribution in [0.25, 0.3) is 16.2 Å². The highest BCUT2D eigenvalue weighted by Crippen LogP contribution is 2.26. The van der Waals surface area contributed by atoms with Gasteiger partial charge in [-0.2, -0.15) is 13.5 Å². The molecule has 0 saturated carbocycles. The van der Waals surface area contributed by atoms with Crippen LogP contribution in [-0.4, -0.2) is 24.0 Å². The summed E-state index contributed by atoms with van der Waals surface area (Å²) < 4.78 is 26.7. The van der Waals surface area contributed by atoms with Crippen LogP contribution < -0.4 is 4.83 Å². The number of thiazole rings is 1. The third-order valence-corrected chi connectivity index (χ3v) is 6.35. The van der Waals surface area contributed by atoms with Crippen molar-refractivity contribution in [3.8, 4) is 11.3 Å². The van der Waals surface area contributed by atoms with E-state index in [2.05, 4.69) is 14.9 Å². The molecule has 0 aliphatic carbocycles. The van der Waals surface area contributed by atoms with Crippen molar-refractivity contribution in [2.75, 3.05) is 0 Å². The first-order valence-corrected chi connectivity index (χ1v) is 11.0. The molecule has 0 aliphatic rings. The van der Waals surface area contributed by atoms with Crippen molar-refractivity contribution >= 4 is 44.1 Å². The van der Waals surface area contributed by atoms with Crippen LogP contribution in [0.2, 0.25) is 5.02 Å². The number of hydrogen-bond acceptors (Lipinski definition) is 5. The van der Waals surface area contributed by atoms with Gasteiger partial charge in [0, 0.05) is 22.2 Å². The van der Waals surface area contributed by atoms with Crippen molar-refractivity contribution in [1.82, 2.24) is 14.2 Å². The number of halogens is 1. The van der Waals surface area contributed by atoms with Gasteiger partial charge in [-0.3, -0.25) is 4.40 Å². The lowest BCUT2D eigenvalue weighted by Gasteiger charge is -2.04. The highest BCUT2D eigenvalue weighted by Gasteiger charge is 2.15. The molecule has 0 amide bonds. The first-order valence-electron chi connectivity index (χ1n) is 8.27. The van der Waals surface area contributed by atoms with Gasteiger partial charge in [0.25, 0.3) is 10.0 Å². The van der Waals surface area contributed by atoms with E-state index in [0.717, 1.165) is 16.1 Å². The van der Waals surface area contributed by atoms with Gasteiger partial charge in [-0.1, -0.05) is 41.4 Å². The first kappa shape index (κ1) is 18.7. The zero-order chi connectivity index (χ0) is 19.7. The van der Waals surface area contributed by atoms with Gasteiger partial charge in [-0.05, 0) is 31.2 Å². The fourth-order valence-corrected chi connectivity index (χ4v) is 4.31. The topological polar surface area (TPSA) is 75.8 Å². The average molecular weight is 431 g/mol. The van der Waals surface area contributed by atoms with Crippen LogP contribution >= 0.6 is 22.9 Å². The smallest absolute Gasteiger partial charge is 0.276 e. The van der Waals surface area contributed by atoms with Gasteiger partial charge < -0.3 is 0 Å². The second-order valence-electron chi connectivity index (χ2n) is 6.07. The molecule has 1 N–H and O–H groups in total. The van der Waals surface area contributed by atoms with Crippen molar-refractivity contribution in [3.05, 3.63) is 76.4 Å². The largest absolute Gasteiger partial charge is 0.289 e. The van der Waals surface area contributed by atoms with Crippen LogP contribution in [0.5, 0.6) is 0 Å². The Hall–Kier alpha value is -2.68. The van der Waals surface area contributed by atoms with E-state index in [4.69, 9.17) is 11.6 Å². The van der Waals surface area contributed by atoms with E-state index in [0.29, 0.717) is 16.4 Å². The fraction of sp³-hybridized carbons (Fsp3) is 0.0526. The number of benzene rings is 2. The maximum absolute atomic E-state index is 12.4. The summed E-state index contributed by atoms with van der Waals surface area (Å²) in [7, 11) is -3.75. The van der Waals surface area contributed by atoms with Crippen molar-refractivity contribution < 1.29 is 8.42 Å². The van der Waals surface area contributed by atoms with Gasteiger partial charge in [0.05, 0.1) is 22.5 Å². The van der Waals surface area contributed by atoms with Gasteiger partial charge >= 0.3 is 0 Å². The van der Waals surface area contributed by atoms with Crippen LogP contribution in [0, 0.1) is 6.92 Å². The molecule has 4 aromatic rings. The van der Waals surface area contributed by atoms with E-state index in [-0.39, 0.29) is 4.90 Å². The van der Waals surface area contributed by atoms with Crippen molar-refractivity contribution in [3.63, 3.8) is 0 Å². The molecule has 6 nitrogen and oxygen atoms in total. The quantitative estimate of drug-likeness (QED) is 0.378. The molecule has 0 saturated heterocycles. The molecule has 4 rings (SSSR count). The van der Waals surface area contributed by atoms with Crippen LogP contribution in [0.3, 0.4) is 0 Å². The third kappa shape index (κ3) is 3.66. The molecule has 2 aromatic heterocycles. The lowest BCUT2D eigenvalue weighted by Crippen LogP contribution is -2.18. The number of imidazole rings is 1. The summed E-state index contributed by atoms with van der Waals surface area (Å²) in [5.74, 6) is 0. The molecule has 9 heteroatoms. The number of fused-ring (bicyclic) bond motifs is 1. The minimum absolute atomic E-state index is 0.155. The minimum atomic E-state index is -3.75. The van der Waals surface area contributed by atoms with Gasteiger partial charge in [0.1, 0.15) is 0 Å². The Kier molecular flexibility index (Phi) is 4.92. The van der Waals surface area contributed by atoms with Crippen LogP contribution in [-0.2, 0) is 10.0 Å². The molecule has 0 bridgehead atoms. The number of aromatic nitrogens is 2. The Labute approximate surface area is 171 Å².